The lowest BCUT2D eigenvalue weighted by molar-refractivity contribution is 0.267. The molecule has 0 aliphatic carbocycles. The van der Waals surface area contributed by atoms with Gasteiger partial charge in [-0.15, -0.1) is 0 Å². The molecule has 0 radical (unpaired) electrons. The van der Waals surface area contributed by atoms with E-state index in [-0.39, 0.29) is 0 Å². The molecular formula is C12H29N2P. The van der Waals surface area contributed by atoms with Crippen LogP contribution in [0, 0.1) is 0 Å². The second-order valence-corrected chi connectivity index (χ2v) is 6.52. The Kier molecular flexibility index (Phi) is 6.99. The molecule has 15 heavy (non-hydrogen) atoms. The van der Waals surface area contributed by atoms with E-state index in [2.05, 4.69) is 64.7 Å². The summed E-state index contributed by atoms with van der Waals surface area (Å²) in [5.74, 6) is 0. The van der Waals surface area contributed by atoms with E-state index < -0.39 is 0 Å². The Morgan fingerprint density at radius 2 is 0.733 bits per heavy atom. The summed E-state index contributed by atoms with van der Waals surface area (Å²) in [5, 5.41) is 0. The van der Waals surface area contributed by atoms with E-state index in [0.29, 0.717) is 24.2 Å². The number of hydrogen-bond acceptors (Lipinski definition) is 2. The molecule has 0 atom stereocenters. The molecule has 0 bridgehead atoms. The van der Waals surface area contributed by atoms with Crippen LogP contribution in [0.25, 0.3) is 0 Å². The van der Waals surface area contributed by atoms with E-state index in [1.807, 2.05) is 0 Å². The molecule has 0 aliphatic heterocycles. The standard InChI is InChI=1S/C12H29N2P/c1-9(2)13(10(3)4)15-14(11(5)6)12(7)8/h9-12,15H,1-8H3. The highest BCUT2D eigenvalue weighted by atomic mass is 31.1. The summed E-state index contributed by atoms with van der Waals surface area (Å²) in [5.41, 5.74) is 0. The van der Waals surface area contributed by atoms with Gasteiger partial charge in [0.05, 0.1) is 0 Å². The van der Waals surface area contributed by atoms with Crippen LogP contribution in [0.2, 0.25) is 0 Å². The predicted molar refractivity (Wildman–Crippen MR) is 72.5 cm³/mol. The van der Waals surface area contributed by atoms with Crippen molar-refractivity contribution in [2.24, 2.45) is 0 Å². The zero-order valence-corrected chi connectivity index (χ0v) is 12.7. The van der Waals surface area contributed by atoms with E-state index in [9.17, 15) is 0 Å². The summed E-state index contributed by atoms with van der Waals surface area (Å²) in [6.45, 7) is 18.3. The van der Waals surface area contributed by atoms with E-state index in [0.717, 1.165) is 8.88 Å². The molecule has 0 spiro atoms. The Morgan fingerprint density at radius 1 is 0.533 bits per heavy atom. The molecule has 0 N–H and O–H groups in total. The first-order chi connectivity index (χ1) is 6.77. The molecule has 2 nitrogen and oxygen atoms in total. The second-order valence-electron chi connectivity index (χ2n) is 5.29. The molecule has 0 aliphatic rings. The number of nitrogens with zero attached hydrogens (tertiary/aromatic N) is 2. The van der Waals surface area contributed by atoms with Crippen molar-refractivity contribution in [2.75, 3.05) is 0 Å². The van der Waals surface area contributed by atoms with Crippen molar-refractivity contribution in [3.63, 3.8) is 0 Å². The highest BCUT2D eigenvalue weighted by Gasteiger charge is 2.21. The van der Waals surface area contributed by atoms with Gasteiger partial charge in [-0.2, -0.15) is 0 Å². The Bertz CT molecular complexity index is 133. The molecule has 0 unspecified atom stereocenters. The minimum absolute atomic E-state index is 0.628. The van der Waals surface area contributed by atoms with Gasteiger partial charge in [-0.1, -0.05) is 0 Å². The SMILES string of the molecule is CC(C)N(PN(C(C)C)C(C)C)C(C)C. The third-order valence-electron chi connectivity index (χ3n) is 2.46. The summed E-state index contributed by atoms with van der Waals surface area (Å²) < 4.78 is 5.14. The minimum Gasteiger partial charge on any atom is -0.267 e. The third kappa shape index (κ3) is 5.29. The maximum absolute atomic E-state index is 2.57. The molecule has 92 valence electrons. The Balaban J connectivity index is 4.48. The van der Waals surface area contributed by atoms with Gasteiger partial charge in [0.1, 0.15) is 0 Å². The van der Waals surface area contributed by atoms with Crippen molar-refractivity contribution in [3.8, 4) is 0 Å². The van der Waals surface area contributed by atoms with Gasteiger partial charge in [0.25, 0.3) is 0 Å². The van der Waals surface area contributed by atoms with Gasteiger partial charge in [0.2, 0.25) is 0 Å². The lowest BCUT2D eigenvalue weighted by Crippen LogP contribution is -2.38. The van der Waals surface area contributed by atoms with Crippen molar-refractivity contribution in [2.45, 2.75) is 79.6 Å². The Hall–Kier alpha value is 0.350. The molecule has 0 saturated heterocycles. The summed E-state index contributed by atoms with van der Waals surface area (Å²) in [7, 11) is 0.802. The summed E-state index contributed by atoms with van der Waals surface area (Å²) in [4.78, 5) is 0. The van der Waals surface area contributed by atoms with Gasteiger partial charge >= 0.3 is 0 Å². The van der Waals surface area contributed by atoms with Crippen molar-refractivity contribution >= 4 is 8.88 Å². The Morgan fingerprint density at radius 3 is 0.867 bits per heavy atom. The zero-order chi connectivity index (χ0) is 12.2. The highest BCUT2D eigenvalue weighted by molar-refractivity contribution is 7.32. The fourth-order valence-electron chi connectivity index (χ4n) is 1.79. The van der Waals surface area contributed by atoms with Crippen LogP contribution < -0.4 is 0 Å². The average Bonchev–Trinajstić information content (AvgIpc) is 2.01. The second kappa shape index (κ2) is 6.83. The molecule has 0 rings (SSSR count). The van der Waals surface area contributed by atoms with Crippen molar-refractivity contribution < 1.29 is 0 Å². The molecule has 0 saturated carbocycles. The molecule has 0 amide bonds. The molecule has 0 heterocycles. The van der Waals surface area contributed by atoms with Crippen LogP contribution in [0.1, 0.15) is 55.4 Å². The fourth-order valence-corrected chi connectivity index (χ4v) is 2.98. The van der Waals surface area contributed by atoms with Crippen molar-refractivity contribution in [3.05, 3.63) is 0 Å². The smallest absolute Gasteiger partial charge is 0.0250 e. The third-order valence-corrected chi connectivity index (χ3v) is 4.98. The van der Waals surface area contributed by atoms with Crippen LogP contribution in [0.15, 0.2) is 0 Å². The molecule has 0 aromatic rings. The highest BCUT2D eigenvalue weighted by Crippen LogP contribution is 2.32. The van der Waals surface area contributed by atoms with E-state index >= 15 is 0 Å². The Labute approximate surface area is 98.3 Å². The van der Waals surface area contributed by atoms with Gasteiger partial charge in [-0.05, 0) is 55.4 Å². The first-order valence-electron chi connectivity index (χ1n) is 6.10. The molecule has 0 fully saturated rings. The van der Waals surface area contributed by atoms with Gasteiger partial charge in [0, 0.05) is 33.0 Å². The molecular weight excluding hydrogens is 203 g/mol. The lowest BCUT2D eigenvalue weighted by Gasteiger charge is -2.39. The van der Waals surface area contributed by atoms with Gasteiger partial charge < -0.3 is 0 Å². The summed E-state index contributed by atoms with van der Waals surface area (Å²) >= 11 is 0. The molecule has 0 aromatic carbocycles. The lowest BCUT2D eigenvalue weighted by atomic mass is 10.3. The van der Waals surface area contributed by atoms with Crippen LogP contribution >= 0.6 is 8.88 Å². The van der Waals surface area contributed by atoms with Crippen molar-refractivity contribution in [1.82, 2.24) is 9.34 Å². The quantitative estimate of drug-likeness (QED) is 0.644. The van der Waals surface area contributed by atoms with Gasteiger partial charge in [0.15, 0.2) is 0 Å². The van der Waals surface area contributed by atoms with Crippen molar-refractivity contribution in [1.29, 1.82) is 0 Å². The molecule has 0 aromatic heterocycles. The predicted octanol–water partition coefficient (Wildman–Crippen LogP) is 3.73. The largest absolute Gasteiger partial charge is 0.267 e. The van der Waals surface area contributed by atoms with Crippen LogP contribution in [0.5, 0.6) is 0 Å². The maximum Gasteiger partial charge on any atom is 0.0250 e. The molecule has 3 heteroatoms. The monoisotopic (exact) mass is 232 g/mol. The van der Waals surface area contributed by atoms with Crippen LogP contribution in [-0.4, -0.2) is 33.5 Å². The first kappa shape index (κ1) is 15.3. The first-order valence-corrected chi connectivity index (χ1v) is 6.99. The minimum atomic E-state index is 0.628. The summed E-state index contributed by atoms with van der Waals surface area (Å²) in [6, 6.07) is 2.51. The maximum atomic E-state index is 2.57. The fraction of sp³-hybridized carbons (Fsp3) is 1.00. The van der Waals surface area contributed by atoms with Gasteiger partial charge in [-0.3, -0.25) is 9.34 Å². The average molecular weight is 232 g/mol. The van der Waals surface area contributed by atoms with Gasteiger partial charge in [-0.25, -0.2) is 0 Å². The normalized spacial score (nSPS) is 13.2. The summed E-state index contributed by atoms with van der Waals surface area (Å²) in [6.07, 6.45) is 0. The van der Waals surface area contributed by atoms with E-state index in [4.69, 9.17) is 0 Å². The van der Waals surface area contributed by atoms with Crippen LogP contribution in [-0.2, 0) is 0 Å². The van der Waals surface area contributed by atoms with Crippen LogP contribution in [0.4, 0.5) is 0 Å². The number of rotatable bonds is 6. The zero-order valence-electron chi connectivity index (χ0n) is 11.7. The van der Waals surface area contributed by atoms with E-state index in [1.54, 1.807) is 0 Å². The topological polar surface area (TPSA) is 6.48 Å². The van der Waals surface area contributed by atoms with Crippen LogP contribution in [0.3, 0.4) is 0 Å². The number of hydrogen-bond donors (Lipinski definition) is 0. The van der Waals surface area contributed by atoms with E-state index in [1.165, 1.54) is 0 Å².